The molecule has 0 radical (unpaired) electrons. The SMILES string of the molecule is CCCCCCCCCOC(=O)C1=C(C)NC(C)=C([N+](=O)[O-])C1c1ccccc1OC(F)F. The highest BCUT2D eigenvalue weighted by atomic mass is 19.3. The Balaban J connectivity index is 2.24. The first-order valence-corrected chi connectivity index (χ1v) is 11.3. The first-order chi connectivity index (χ1) is 15.8. The Kier molecular flexibility index (Phi) is 10.3. The average molecular weight is 467 g/mol. The van der Waals surface area contributed by atoms with Crippen LogP contribution in [0.25, 0.3) is 0 Å². The molecule has 1 heterocycles. The maximum absolute atomic E-state index is 13.0. The smallest absolute Gasteiger partial charge is 0.387 e. The summed E-state index contributed by atoms with van der Waals surface area (Å²) in [6.07, 6.45) is 7.35. The van der Waals surface area contributed by atoms with Crippen molar-refractivity contribution in [1.29, 1.82) is 0 Å². The number of alkyl halides is 2. The van der Waals surface area contributed by atoms with Crippen molar-refractivity contribution in [2.24, 2.45) is 0 Å². The van der Waals surface area contributed by atoms with Gasteiger partial charge in [-0.3, -0.25) is 10.1 Å². The third kappa shape index (κ3) is 7.27. The number of carbonyl (C=O) groups is 1. The molecule has 0 saturated carbocycles. The number of nitrogens with zero attached hydrogens (tertiary/aromatic N) is 1. The van der Waals surface area contributed by atoms with E-state index in [-0.39, 0.29) is 34.9 Å². The van der Waals surface area contributed by atoms with Crippen molar-refractivity contribution in [1.82, 2.24) is 5.32 Å². The van der Waals surface area contributed by atoms with Crippen LogP contribution in [-0.4, -0.2) is 24.1 Å². The van der Waals surface area contributed by atoms with Gasteiger partial charge in [-0.1, -0.05) is 63.6 Å². The molecule has 1 atom stereocenters. The Morgan fingerprint density at radius 1 is 1.09 bits per heavy atom. The average Bonchev–Trinajstić information content (AvgIpc) is 2.74. The first-order valence-electron chi connectivity index (χ1n) is 11.3. The maximum atomic E-state index is 13.0. The zero-order chi connectivity index (χ0) is 24.4. The number of unbranched alkanes of at least 4 members (excludes halogenated alkanes) is 6. The van der Waals surface area contributed by atoms with Gasteiger partial charge in [-0.15, -0.1) is 0 Å². The molecule has 0 spiro atoms. The van der Waals surface area contributed by atoms with Gasteiger partial charge < -0.3 is 14.8 Å². The number of rotatable bonds is 13. The van der Waals surface area contributed by atoms with Gasteiger partial charge in [0.15, 0.2) is 0 Å². The summed E-state index contributed by atoms with van der Waals surface area (Å²) in [7, 11) is 0. The molecular weight excluding hydrogens is 434 g/mol. The van der Waals surface area contributed by atoms with E-state index in [1.165, 1.54) is 44.4 Å². The lowest BCUT2D eigenvalue weighted by atomic mass is 9.83. The predicted octanol–water partition coefficient (Wildman–Crippen LogP) is 6.05. The minimum atomic E-state index is -3.12. The Hall–Kier alpha value is -2.97. The van der Waals surface area contributed by atoms with Crippen molar-refractivity contribution < 1.29 is 28.0 Å². The van der Waals surface area contributed by atoms with Gasteiger partial charge >= 0.3 is 12.6 Å². The monoisotopic (exact) mass is 466 g/mol. The van der Waals surface area contributed by atoms with Crippen molar-refractivity contribution in [3.63, 3.8) is 0 Å². The van der Waals surface area contributed by atoms with Crippen LogP contribution < -0.4 is 10.1 Å². The van der Waals surface area contributed by atoms with Crippen LogP contribution in [0.15, 0.2) is 46.9 Å². The molecule has 1 aliphatic heterocycles. The van der Waals surface area contributed by atoms with Gasteiger partial charge in [-0.25, -0.2) is 4.79 Å². The Labute approximate surface area is 193 Å². The first kappa shape index (κ1) is 26.3. The van der Waals surface area contributed by atoms with Gasteiger partial charge in [0.25, 0.3) is 5.70 Å². The van der Waals surface area contributed by atoms with Crippen molar-refractivity contribution >= 4 is 5.97 Å². The van der Waals surface area contributed by atoms with E-state index in [0.29, 0.717) is 12.1 Å². The number of dihydropyridines is 1. The molecule has 9 heteroatoms. The van der Waals surface area contributed by atoms with E-state index in [1.807, 2.05) is 0 Å². The van der Waals surface area contributed by atoms with Gasteiger partial charge in [0, 0.05) is 11.3 Å². The molecule has 1 aromatic carbocycles. The summed E-state index contributed by atoms with van der Waals surface area (Å²) < 4.78 is 36.0. The minimum absolute atomic E-state index is 0.0144. The Morgan fingerprint density at radius 3 is 2.36 bits per heavy atom. The van der Waals surface area contributed by atoms with Crippen LogP contribution in [-0.2, 0) is 9.53 Å². The molecule has 1 N–H and O–H groups in total. The van der Waals surface area contributed by atoms with Gasteiger partial charge in [0.2, 0.25) is 0 Å². The second-order valence-electron chi connectivity index (χ2n) is 8.04. The molecule has 1 aromatic rings. The topological polar surface area (TPSA) is 90.7 Å². The maximum Gasteiger partial charge on any atom is 0.387 e. The van der Waals surface area contributed by atoms with E-state index in [1.54, 1.807) is 13.0 Å². The van der Waals surface area contributed by atoms with Crippen molar-refractivity contribution in [2.45, 2.75) is 78.2 Å². The summed E-state index contributed by atoms with van der Waals surface area (Å²) >= 11 is 0. The number of nitrogens with one attached hydrogen (secondary N) is 1. The van der Waals surface area contributed by atoms with Crippen LogP contribution in [0, 0.1) is 10.1 Å². The number of esters is 1. The fourth-order valence-corrected chi connectivity index (χ4v) is 4.02. The Bertz CT molecular complexity index is 899. The predicted molar refractivity (Wildman–Crippen MR) is 120 cm³/mol. The van der Waals surface area contributed by atoms with E-state index in [4.69, 9.17) is 4.74 Å². The van der Waals surface area contributed by atoms with Crippen LogP contribution >= 0.6 is 0 Å². The number of nitro groups is 1. The summed E-state index contributed by atoms with van der Waals surface area (Å²) in [5.41, 5.74) is 0.402. The largest absolute Gasteiger partial charge is 0.462 e. The summed E-state index contributed by atoms with van der Waals surface area (Å²) in [5, 5.41) is 14.8. The molecule has 0 amide bonds. The number of benzene rings is 1. The number of carbonyl (C=O) groups excluding carboxylic acids is 1. The van der Waals surface area contributed by atoms with Gasteiger partial charge in [0.05, 0.1) is 22.8 Å². The lowest BCUT2D eigenvalue weighted by Gasteiger charge is -2.27. The highest BCUT2D eigenvalue weighted by Gasteiger charge is 2.42. The zero-order valence-corrected chi connectivity index (χ0v) is 19.4. The Morgan fingerprint density at radius 2 is 1.73 bits per heavy atom. The van der Waals surface area contributed by atoms with E-state index >= 15 is 0 Å². The van der Waals surface area contributed by atoms with Gasteiger partial charge in [-0.05, 0) is 26.3 Å². The number of halogens is 2. The van der Waals surface area contributed by atoms with Crippen molar-refractivity contribution in [3.05, 3.63) is 62.6 Å². The molecule has 1 aliphatic rings. The lowest BCUT2D eigenvalue weighted by molar-refractivity contribution is -0.431. The highest BCUT2D eigenvalue weighted by Crippen LogP contribution is 2.42. The standard InChI is InChI=1S/C24H32F2N2O5/c1-4-5-6-7-8-9-12-15-32-23(29)20-16(2)27-17(3)22(28(30)31)21(20)18-13-10-11-14-19(18)33-24(25)26/h10-11,13-14,21,24,27H,4-9,12,15H2,1-3H3. The second-order valence-corrected chi connectivity index (χ2v) is 8.04. The molecule has 1 unspecified atom stereocenters. The fourth-order valence-electron chi connectivity index (χ4n) is 4.02. The van der Waals surface area contributed by atoms with Crippen LogP contribution in [0.3, 0.4) is 0 Å². The van der Waals surface area contributed by atoms with E-state index < -0.39 is 23.4 Å². The highest BCUT2D eigenvalue weighted by molar-refractivity contribution is 5.92. The molecule has 0 saturated heterocycles. The molecule has 2 rings (SSSR count). The van der Waals surface area contributed by atoms with E-state index in [9.17, 15) is 23.7 Å². The summed E-state index contributed by atoms with van der Waals surface area (Å²) in [6, 6.07) is 5.79. The normalized spacial score (nSPS) is 16.1. The molecule has 33 heavy (non-hydrogen) atoms. The summed E-state index contributed by atoms with van der Waals surface area (Å²) in [6.45, 7) is 2.33. The molecule has 0 fully saturated rings. The molecule has 7 nitrogen and oxygen atoms in total. The molecule has 182 valence electrons. The van der Waals surface area contributed by atoms with Crippen molar-refractivity contribution in [2.75, 3.05) is 6.61 Å². The van der Waals surface area contributed by atoms with E-state index in [2.05, 4.69) is 17.0 Å². The zero-order valence-electron chi connectivity index (χ0n) is 19.4. The van der Waals surface area contributed by atoms with Gasteiger partial charge in [-0.2, -0.15) is 8.78 Å². The number of ether oxygens (including phenoxy) is 2. The van der Waals surface area contributed by atoms with Gasteiger partial charge in [0.1, 0.15) is 11.7 Å². The third-order valence-corrected chi connectivity index (χ3v) is 5.57. The lowest BCUT2D eigenvalue weighted by Crippen LogP contribution is -2.32. The van der Waals surface area contributed by atoms with Crippen LogP contribution in [0.5, 0.6) is 5.75 Å². The van der Waals surface area contributed by atoms with E-state index in [0.717, 1.165) is 19.3 Å². The number of hydrogen-bond donors (Lipinski definition) is 1. The quantitative estimate of drug-likeness (QED) is 0.165. The molecule has 0 bridgehead atoms. The third-order valence-electron chi connectivity index (χ3n) is 5.57. The van der Waals surface area contributed by atoms with Crippen LogP contribution in [0.4, 0.5) is 8.78 Å². The number of allylic oxidation sites excluding steroid dienone is 3. The van der Waals surface area contributed by atoms with Crippen molar-refractivity contribution in [3.8, 4) is 5.75 Å². The van der Waals surface area contributed by atoms with Crippen LogP contribution in [0.1, 0.15) is 77.2 Å². The molecule has 0 aromatic heterocycles. The number of hydrogen-bond acceptors (Lipinski definition) is 6. The molecular formula is C24H32F2N2O5. The fraction of sp³-hybridized carbons (Fsp3) is 0.542. The van der Waals surface area contributed by atoms with Crippen LogP contribution in [0.2, 0.25) is 0 Å². The second kappa shape index (κ2) is 12.9. The minimum Gasteiger partial charge on any atom is -0.462 e. The molecule has 0 aliphatic carbocycles. The summed E-state index contributed by atoms with van der Waals surface area (Å²) in [4.78, 5) is 24.3. The number of para-hydroxylation sites is 1. The summed E-state index contributed by atoms with van der Waals surface area (Å²) in [5.74, 6) is -2.15.